The van der Waals surface area contributed by atoms with Gasteiger partial charge in [-0.3, -0.25) is 4.79 Å². The molecule has 0 aromatic heterocycles. The maximum absolute atomic E-state index is 10.6. The van der Waals surface area contributed by atoms with Gasteiger partial charge < -0.3 is 14.6 Å². The number of carboxylic acid groups (broad SMARTS) is 1. The van der Waals surface area contributed by atoms with Gasteiger partial charge in [-0.2, -0.15) is 0 Å². The quantitative estimate of drug-likeness (QED) is 0.216. The molecule has 0 spiro atoms. The minimum absolute atomic E-state index is 0.215. The summed E-state index contributed by atoms with van der Waals surface area (Å²) < 4.78 is 11.6. The fraction of sp³-hybridized carbons (Fsp3) is 0.750. The number of carboxylic acids is 1. The molecule has 0 aromatic carbocycles. The van der Waals surface area contributed by atoms with Crippen molar-refractivity contribution in [3.8, 4) is 0 Å². The Kier molecular flexibility index (Phi) is 17.4. The van der Waals surface area contributed by atoms with E-state index in [0.717, 1.165) is 51.4 Å². The van der Waals surface area contributed by atoms with Gasteiger partial charge in [-0.25, -0.2) is 0 Å². The Labute approximate surface area is 147 Å². The van der Waals surface area contributed by atoms with Crippen molar-refractivity contribution < 1.29 is 19.4 Å². The Morgan fingerprint density at radius 1 is 0.875 bits per heavy atom. The normalized spacial score (nSPS) is 12.0. The molecular weight excluding hydrogens is 304 g/mol. The second-order valence-corrected chi connectivity index (χ2v) is 5.91. The highest BCUT2D eigenvalue weighted by atomic mass is 16.7. The molecule has 1 N–H and O–H groups in total. The van der Waals surface area contributed by atoms with E-state index >= 15 is 0 Å². The molecule has 0 saturated heterocycles. The summed E-state index contributed by atoms with van der Waals surface area (Å²) in [6, 6.07) is 0. The average molecular weight is 341 g/mol. The molecule has 0 aromatic rings. The Hall–Kier alpha value is -1.13. The van der Waals surface area contributed by atoms with E-state index in [1.807, 2.05) is 0 Å². The number of aliphatic carboxylic acids is 1. The number of carbonyl (C=O) groups is 1. The monoisotopic (exact) mass is 340 g/mol. The first-order valence-corrected chi connectivity index (χ1v) is 9.45. The van der Waals surface area contributed by atoms with Gasteiger partial charge in [0.1, 0.15) is 0 Å². The van der Waals surface area contributed by atoms with Crippen molar-refractivity contribution in [2.24, 2.45) is 0 Å². The molecule has 0 aliphatic carbocycles. The average Bonchev–Trinajstić information content (AvgIpc) is 2.56. The lowest BCUT2D eigenvalue weighted by Crippen LogP contribution is -2.18. The molecule has 4 nitrogen and oxygen atoms in total. The first-order chi connectivity index (χ1) is 11.7. The van der Waals surface area contributed by atoms with Crippen LogP contribution in [0.25, 0.3) is 0 Å². The Morgan fingerprint density at radius 3 is 1.83 bits per heavy atom. The lowest BCUT2D eigenvalue weighted by molar-refractivity contribution is -0.146. The Bertz CT molecular complexity index is 315. The molecule has 0 heterocycles. The van der Waals surface area contributed by atoms with Crippen LogP contribution in [-0.2, 0) is 14.3 Å². The van der Waals surface area contributed by atoms with Crippen molar-refractivity contribution in [3.05, 3.63) is 24.3 Å². The molecule has 24 heavy (non-hydrogen) atoms. The lowest BCUT2D eigenvalue weighted by atomic mass is 10.2. The third-order valence-corrected chi connectivity index (χ3v) is 3.50. The Balaban J connectivity index is 3.96. The molecule has 140 valence electrons. The van der Waals surface area contributed by atoms with E-state index < -0.39 is 5.97 Å². The standard InChI is InChI=1S/C20H36O4/c1-3-5-7-9-13-17-23-20(16-12-11-15-19(21)22)24-18-14-10-8-6-4-2/h7-10,20H,3-6,11-18H2,1-2H3,(H,21,22)/b9-7-,10-8-. The third-order valence-electron chi connectivity index (χ3n) is 3.50. The van der Waals surface area contributed by atoms with E-state index in [1.165, 1.54) is 0 Å². The first kappa shape index (κ1) is 22.9. The molecule has 0 aliphatic heterocycles. The van der Waals surface area contributed by atoms with Crippen molar-refractivity contribution >= 4 is 5.97 Å². The number of allylic oxidation sites excluding steroid dienone is 2. The van der Waals surface area contributed by atoms with Crippen molar-refractivity contribution in [2.45, 2.75) is 84.3 Å². The summed E-state index contributed by atoms with van der Waals surface area (Å²) in [7, 11) is 0. The highest BCUT2D eigenvalue weighted by molar-refractivity contribution is 5.66. The largest absolute Gasteiger partial charge is 0.481 e. The molecule has 4 heteroatoms. The second kappa shape index (κ2) is 18.2. The molecule has 0 radical (unpaired) electrons. The highest BCUT2D eigenvalue weighted by Crippen LogP contribution is 2.10. The van der Waals surface area contributed by atoms with Crippen LogP contribution in [0.3, 0.4) is 0 Å². The van der Waals surface area contributed by atoms with E-state index in [-0.39, 0.29) is 12.7 Å². The number of ether oxygens (including phenoxy) is 2. The summed E-state index contributed by atoms with van der Waals surface area (Å²) in [4.78, 5) is 10.6. The van der Waals surface area contributed by atoms with Gasteiger partial charge in [-0.15, -0.1) is 0 Å². The summed E-state index contributed by atoms with van der Waals surface area (Å²) in [6.07, 6.45) is 17.2. The van der Waals surface area contributed by atoms with Crippen LogP contribution >= 0.6 is 0 Å². The van der Waals surface area contributed by atoms with E-state index in [4.69, 9.17) is 14.6 Å². The highest BCUT2D eigenvalue weighted by Gasteiger charge is 2.09. The summed E-state index contributed by atoms with van der Waals surface area (Å²) in [5.41, 5.74) is 0. The number of hydrogen-bond donors (Lipinski definition) is 1. The topological polar surface area (TPSA) is 55.8 Å². The van der Waals surface area contributed by atoms with Crippen LogP contribution in [0.1, 0.15) is 78.1 Å². The van der Waals surface area contributed by atoms with Gasteiger partial charge in [0.25, 0.3) is 0 Å². The molecule has 0 amide bonds. The SMILES string of the molecule is CCC/C=C\CCOC(CCCCC(=O)O)OCC/C=C\CCC. The van der Waals surface area contributed by atoms with Crippen molar-refractivity contribution in [3.63, 3.8) is 0 Å². The predicted molar refractivity (Wildman–Crippen MR) is 99.1 cm³/mol. The molecule has 0 aliphatic rings. The zero-order valence-corrected chi connectivity index (χ0v) is 15.5. The lowest BCUT2D eigenvalue weighted by Gasteiger charge is -2.18. The molecular formula is C20H36O4. The molecule has 0 unspecified atom stereocenters. The molecule has 0 fully saturated rings. The first-order valence-electron chi connectivity index (χ1n) is 9.45. The smallest absolute Gasteiger partial charge is 0.303 e. The predicted octanol–water partition coefficient (Wildman–Crippen LogP) is 5.48. The van der Waals surface area contributed by atoms with E-state index in [2.05, 4.69) is 38.2 Å². The summed E-state index contributed by atoms with van der Waals surface area (Å²) in [5.74, 6) is -0.740. The van der Waals surface area contributed by atoms with Gasteiger partial charge in [0.2, 0.25) is 0 Å². The van der Waals surface area contributed by atoms with Crippen LogP contribution in [-0.4, -0.2) is 30.6 Å². The number of unbranched alkanes of at least 4 members (excludes halogenated alkanes) is 3. The van der Waals surface area contributed by atoms with Crippen LogP contribution in [0, 0.1) is 0 Å². The Morgan fingerprint density at radius 2 is 1.38 bits per heavy atom. The van der Waals surface area contributed by atoms with Gasteiger partial charge in [0, 0.05) is 6.42 Å². The maximum atomic E-state index is 10.6. The van der Waals surface area contributed by atoms with Crippen LogP contribution in [0.2, 0.25) is 0 Å². The fourth-order valence-electron chi connectivity index (χ4n) is 2.14. The van der Waals surface area contributed by atoms with E-state index in [0.29, 0.717) is 19.6 Å². The van der Waals surface area contributed by atoms with Gasteiger partial charge >= 0.3 is 5.97 Å². The molecule has 0 atom stereocenters. The van der Waals surface area contributed by atoms with E-state index in [1.54, 1.807) is 0 Å². The van der Waals surface area contributed by atoms with Gasteiger partial charge in [-0.05, 0) is 44.9 Å². The molecule has 0 bridgehead atoms. The van der Waals surface area contributed by atoms with Crippen LogP contribution in [0.4, 0.5) is 0 Å². The van der Waals surface area contributed by atoms with Crippen LogP contribution in [0.15, 0.2) is 24.3 Å². The summed E-state index contributed by atoms with van der Waals surface area (Å²) in [6.45, 7) is 5.62. The second-order valence-electron chi connectivity index (χ2n) is 5.91. The van der Waals surface area contributed by atoms with Crippen molar-refractivity contribution in [1.29, 1.82) is 0 Å². The molecule has 0 rings (SSSR count). The summed E-state index contributed by atoms with van der Waals surface area (Å²) >= 11 is 0. The minimum Gasteiger partial charge on any atom is -0.481 e. The maximum Gasteiger partial charge on any atom is 0.303 e. The fourth-order valence-corrected chi connectivity index (χ4v) is 2.14. The van der Waals surface area contributed by atoms with Gasteiger partial charge in [0.05, 0.1) is 13.2 Å². The van der Waals surface area contributed by atoms with Crippen molar-refractivity contribution in [2.75, 3.05) is 13.2 Å². The van der Waals surface area contributed by atoms with Crippen LogP contribution < -0.4 is 0 Å². The number of rotatable bonds is 17. The molecule has 0 saturated carbocycles. The zero-order valence-electron chi connectivity index (χ0n) is 15.5. The minimum atomic E-state index is -0.740. The summed E-state index contributed by atoms with van der Waals surface area (Å²) in [5, 5.41) is 8.69. The van der Waals surface area contributed by atoms with Gasteiger partial charge in [-0.1, -0.05) is 51.0 Å². The zero-order chi connectivity index (χ0) is 17.9. The third kappa shape index (κ3) is 17.2. The van der Waals surface area contributed by atoms with Crippen molar-refractivity contribution in [1.82, 2.24) is 0 Å². The van der Waals surface area contributed by atoms with Gasteiger partial charge in [0.15, 0.2) is 6.29 Å². The van der Waals surface area contributed by atoms with Crippen LogP contribution in [0.5, 0.6) is 0 Å². The van der Waals surface area contributed by atoms with E-state index in [9.17, 15) is 4.79 Å². The number of hydrogen-bond acceptors (Lipinski definition) is 3.